The van der Waals surface area contributed by atoms with Gasteiger partial charge in [-0.15, -0.1) is 0 Å². The number of carbonyl (C=O) groups is 1. The van der Waals surface area contributed by atoms with Crippen LogP contribution in [0.2, 0.25) is 5.02 Å². The zero-order valence-electron chi connectivity index (χ0n) is 12.1. The minimum absolute atomic E-state index is 0.0135. The zero-order valence-corrected chi connectivity index (χ0v) is 12.8. The molecule has 2 aromatic rings. The SMILES string of the molecule is O=C(NCC(O)c1ccc(Cl)cc1)C1CCn2cncc2C1. The molecule has 3 rings (SSSR count). The van der Waals surface area contributed by atoms with Crippen LogP contribution in [-0.2, 0) is 17.8 Å². The fraction of sp³-hybridized carbons (Fsp3) is 0.375. The van der Waals surface area contributed by atoms with Crippen molar-refractivity contribution >= 4 is 17.5 Å². The lowest BCUT2D eigenvalue weighted by atomic mass is 9.95. The Morgan fingerprint density at radius 1 is 1.45 bits per heavy atom. The van der Waals surface area contributed by atoms with Crippen molar-refractivity contribution in [2.75, 3.05) is 6.54 Å². The maximum absolute atomic E-state index is 12.2. The Balaban J connectivity index is 1.53. The predicted octanol–water partition coefficient (Wildman–Crippen LogP) is 1.95. The summed E-state index contributed by atoms with van der Waals surface area (Å²) in [6.07, 6.45) is 4.38. The average Bonchev–Trinajstić information content (AvgIpc) is 3.00. The van der Waals surface area contributed by atoms with Crippen molar-refractivity contribution in [2.24, 2.45) is 5.92 Å². The number of halogens is 1. The summed E-state index contributed by atoms with van der Waals surface area (Å²) in [5, 5.41) is 13.6. The Bertz CT molecular complexity index is 654. The lowest BCUT2D eigenvalue weighted by Crippen LogP contribution is -2.37. The number of aliphatic hydroxyl groups is 1. The second-order valence-corrected chi connectivity index (χ2v) is 6.02. The molecular formula is C16H18ClN3O2. The first kappa shape index (κ1) is 15.1. The number of aromatic nitrogens is 2. The van der Waals surface area contributed by atoms with Crippen molar-refractivity contribution < 1.29 is 9.90 Å². The summed E-state index contributed by atoms with van der Waals surface area (Å²) in [5.74, 6) is -0.0675. The summed E-state index contributed by atoms with van der Waals surface area (Å²) in [6.45, 7) is 1.02. The lowest BCUT2D eigenvalue weighted by molar-refractivity contribution is -0.126. The standard InChI is InChI=1S/C16H18ClN3O2/c17-13-3-1-11(2-4-13)15(21)9-19-16(22)12-5-6-20-10-18-8-14(20)7-12/h1-4,8,10,12,15,21H,5-7,9H2,(H,19,22). The molecule has 1 amide bonds. The summed E-state index contributed by atoms with van der Waals surface area (Å²) >= 11 is 5.82. The summed E-state index contributed by atoms with van der Waals surface area (Å²) < 4.78 is 2.08. The van der Waals surface area contributed by atoms with Gasteiger partial charge >= 0.3 is 0 Å². The summed E-state index contributed by atoms with van der Waals surface area (Å²) in [4.78, 5) is 16.3. The number of aliphatic hydroxyl groups excluding tert-OH is 1. The molecule has 0 saturated heterocycles. The van der Waals surface area contributed by atoms with E-state index in [4.69, 9.17) is 11.6 Å². The Hall–Kier alpha value is -1.85. The molecule has 0 saturated carbocycles. The van der Waals surface area contributed by atoms with Crippen LogP contribution in [-0.4, -0.2) is 27.1 Å². The highest BCUT2D eigenvalue weighted by molar-refractivity contribution is 6.30. The molecule has 116 valence electrons. The number of carbonyl (C=O) groups excluding carboxylic acids is 1. The number of fused-ring (bicyclic) bond motifs is 1. The van der Waals surface area contributed by atoms with Crippen molar-refractivity contribution in [3.63, 3.8) is 0 Å². The highest BCUT2D eigenvalue weighted by Crippen LogP contribution is 2.20. The van der Waals surface area contributed by atoms with Crippen LogP contribution in [0.1, 0.15) is 23.8 Å². The number of imidazole rings is 1. The minimum atomic E-state index is -0.727. The predicted molar refractivity (Wildman–Crippen MR) is 83.5 cm³/mol. The molecule has 1 aliphatic heterocycles. The summed E-state index contributed by atoms with van der Waals surface area (Å²) in [6, 6.07) is 6.98. The molecule has 1 aromatic heterocycles. The van der Waals surface area contributed by atoms with Crippen LogP contribution in [0.4, 0.5) is 0 Å². The number of nitrogens with zero attached hydrogens (tertiary/aromatic N) is 2. The third-order valence-electron chi connectivity index (χ3n) is 4.07. The van der Waals surface area contributed by atoms with E-state index in [1.807, 2.05) is 6.20 Å². The Labute approximate surface area is 133 Å². The first-order valence-corrected chi connectivity index (χ1v) is 7.71. The van der Waals surface area contributed by atoms with Gasteiger partial charge < -0.3 is 15.0 Å². The van der Waals surface area contributed by atoms with E-state index in [9.17, 15) is 9.90 Å². The van der Waals surface area contributed by atoms with E-state index in [1.54, 1.807) is 30.6 Å². The van der Waals surface area contributed by atoms with E-state index in [1.165, 1.54) is 0 Å². The Kier molecular flexibility index (Phi) is 4.45. The van der Waals surface area contributed by atoms with Gasteiger partial charge in [0.05, 0.1) is 12.4 Å². The van der Waals surface area contributed by atoms with Gasteiger partial charge in [-0.05, 0) is 24.1 Å². The lowest BCUT2D eigenvalue weighted by Gasteiger charge is -2.23. The average molecular weight is 320 g/mol. The highest BCUT2D eigenvalue weighted by atomic mass is 35.5. The molecule has 1 aliphatic rings. The quantitative estimate of drug-likeness (QED) is 0.905. The fourth-order valence-corrected chi connectivity index (χ4v) is 2.86. The van der Waals surface area contributed by atoms with Gasteiger partial charge in [0.1, 0.15) is 0 Å². The van der Waals surface area contributed by atoms with Gasteiger partial charge in [-0.3, -0.25) is 4.79 Å². The molecule has 5 nitrogen and oxygen atoms in total. The molecule has 6 heteroatoms. The summed E-state index contributed by atoms with van der Waals surface area (Å²) in [5.41, 5.74) is 1.83. The Morgan fingerprint density at radius 3 is 3.00 bits per heavy atom. The van der Waals surface area contributed by atoms with Crippen molar-refractivity contribution in [1.29, 1.82) is 0 Å². The van der Waals surface area contributed by atoms with E-state index in [0.29, 0.717) is 11.4 Å². The van der Waals surface area contributed by atoms with Crippen molar-refractivity contribution in [3.8, 4) is 0 Å². The highest BCUT2D eigenvalue weighted by Gasteiger charge is 2.25. The van der Waals surface area contributed by atoms with Crippen molar-refractivity contribution in [3.05, 3.63) is 53.1 Å². The van der Waals surface area contributed by atoms with Gasteiger partial charge in [-0.2, -0.15) is 0 Å². The molecule has 1 aromatic carbocycles. The monoisotopic (exact) mass is 319 g/mol. The number of nitrogens with one attached hydrogen (secondary N) is 1. The molecule has 2 unspecified atom stereocenters. The van der Waals surface area contributed by atoms with Gasteiger partial charge in [0.25, 0.3) is 0 Å². The Morgan fingerprint density at radius 2 is 2.23 bits per heavy atom. The topological polar surface area (TPSA) is 67.2 Å². The maximum atomic E-state index is 12.2. The van der Waals surface area contributed by atoms with E-state index >= 15 is 0 Å². The molecule has 2 N–H and O–H groups in total. The van der Waals surface area contributed by atoms with Crippen LogP contribution >= 0.6 is 11.6 Å². The first-order valence-electron chi connectivity index (χ1n) is 7.33. The van der Waals surface area contributed by atoms with E-state index in [-0.39, 0.29) is 18.4 Å². The number of hydrogen-bond donors (Lipinski definition) is 2. The molecule has 0 spiro atoms. The van der Waals surface area contributed by atoms with Crippen LogP contribution in [0, 0.1) is 5.92 Å². The van der Waals surface area contributed by atoms with Crippen LogP contribution in [0.15, 0.2) is 36.8 Å². The van der Waals surface area contributed by atoms with Gasteiger partial charge in [0.15, 0.2) is 0 Å². The smallest absolute Gasteiger partial charge is 0.223 e. The van der Waals surface area contributed by atoms with Gasteiger partial charge in [-0.1, -0.05) is 23.7 Å². The van der Waals surface area contributed by atoms with Gasteiger partial charge in [0, 0.05) is 42.3 Å². The van der Waals surface area contributed by atoms with Crippen LogP contribution in [0.25, 0.3) is 0 Å². The van der Waals surface area contributed by atoms with Crippen LogP contribution in [0.3, 0.4) is 0 Å². The fourth-order valence-electron chi connectivity index (χ4n) is 2.74. The normalized spacial score (nSPS) is 18.5. The number of rotatable bonds is 4. The van der Waals surface area contributed by atoms with Gasteiger partial charge in [0.2, 0.25) is 5.91 Å². The maximum Gasteiger partial charge on any atom is 0.223 e. The second-order valence-electron chi connectivity index (χ2n) is 5.58. The van der Waals surface area contributed by atoms with Gasteiger partial charge in [-0.25, -0.2) is 4.98 Å². The van der Waals surface area contributed by atoms with E-state index < -0.39 is 6.10 Å². The number of amides is 1. The van der Waals surface area contributed by atoms with Crippen LogP contribution in [0.5, 0.6) is 0 Å². The number of hydrogen-bond acceptors (Lipinski definition) is 3. The molecule has 22 heavy (non-hydrogen) atoms. The molecule has 0 fully saturated rings. The zero-order chi connectivity index (χ0) is 15.5. The minimum Gasteiger partial charge on any atom is -0.387 e. The molecular weight excluding hydrogens is 302 g/mol. The molecule has 0 radical (unpaired) electrons. The van der Waals surface area contributed by atoms with E-state index in [2.05, 4.69) is 14.9 Å². The largest absolute Gasteiger partial charge is 0.387 e. The second kappa shape index (κ2) is 6.50. The van der Waals surface area contributed by atoms with E-state index in [0.717, 1.165) is 24.2 Å². The molecule has 0 bridgehead atoms. The first-order chi connectivity index (χ1) is 10.6. The molecule has 0 aliphatic carbocycles. The summed E-state index contributed by atoms with van der Waals surface area (Å²) in [7, 11) is 0. The third kappa shape index (κ3) is 3.31. The van der Waals surface area contributed by atoms with Crippen molar-refractivity contribution in [1.82, 2.24) is 14.9 Å². The third-order valence-corrected chi connectivity index (χ3v) is 4.32. The molecule has 2 atom stereocenters. The van der Waals surface area contributed by atoms with Crippen molar-refractivity contribution in [2.45, 2.75) is 25.5 Å². The number of aryl methyl sites for hydroxylation is 1. The number of benzene rings is 1. The molecule has 2 heterocycles. The van der Waals surface area contributed by atoms with Crippen LogP contribution < -0.4 is 5.32 Å².